The summed E-state index contributed by atoms with van der Waals surface area (Å²) >= 11 is 0. The molecule has 1 unspecified atom stereocenters. The van der Waals surface area contributed by atoms with Crippen molar-refractivity contribution in [3.8, 4) is 0 Å². The average Bonchev–Trinajstić information content (AvgIpc) is 1.64. The van der Waals surface area contributed by atoms with Gasteiger partial charge in [0.15, 0.2) is 6.17 Å². The van der Waals surface area contributed by atoms with Crippen LogP contribution in [0.4, 0.5) is 13.2 Å². The number of carboxylic acids is 1. The fourth-order valence-corrected chi connectivity index (χ4v) is 0.103. The van der Waals surface area contributed by atoms with Crippen molar-refractivity contribution < 1.29 is 52.6 Å². The number of carbonyl (C=O) groups excluding carboxylic acids is 1. The summed E-state index contributed by atoms with van der Waals surface area (Å²) in [5.41, 5.74) is 0. The zero-order valence-electron chi connectivity index (χ0n) is 4.61. The van der Waals surface area contributed by atoms with Crippen molar-refractivity contribution in [2.45, 2.75) is 12.6 Å². The minimum absolute atomic E-state index is 0. The van der Waals surface area contributed by atoms with Gasteiger partial charge in [0.1, 0.15) is 0 Å². The van der Waals surface area contributed by atoms with Crippen molar-refractivity contribution in [1.29, 1.82) is 0 Å². The second kappa shape index (κ2) is 5.08. The number of hydrogen-bond acceptors (Lipinski definition) is 2. The van der Waals surface area contributed by atoms with Crippen LogP contribution in [0.15, 0.2) is 0 Å². The van der Waals surface area contributed by atoms with Crippen LogP contribution in [0, 0.1) is 0 Å². The van der Waals surface area contributed by atoms with Crippen LogP contribution in [-0.4, -0.2) is 18.6 Å². The van der Waals surface area contributed by atoms with Crippen molar-refractivity contribution in [2.24, 2.45) is 0 Å². The number of rotatable bonds is 2. The fourth-order valence-electron chi connectivity index (χ4n) is 0.103. The third kappa shape index (κ3) is 4.74. The van der Waals surface area contributed by atoms with E-state index in [1.807, 2.05) is 0 Å². The minimum Gasteiger partial charge on any atom is -0.547 e. The Morgan fingerprint density at radius 3 is 1.67 bits per heavy atom. The first-order valence-corrected chi connectivity index (χ1v) is 1.68. The van der Waals surface area contributed by atoms with Crippen molar-refractivity contribution in [1.82, 2.24) is 0 Å². The Morgan fingerprint density at radius 2 is 1.67 bits per heavy atom. The van der Waals surface area contributed by atoms with E-state index in [-0.39, 0.29) is 29.6 Å². The van der Waals surface area contributed by atoms with E-state index in [4.69, 9.17) is 0 Å². The van der Waals surface area contributed by atoms with Crippen LogP contribution in [0.1, 0.15) is 0 Å². The number of hydrogen-bond donors (Lipinski definition) is 0. The molecule has 0 rings (SSSR count). The number of carbonyl (C=O) groups is 1. The molecule has 0 aromatic rings. The predicted octanol–water partition coefficient (Wildman–Crippen LogP) is -3.66. The molecule has 0 aromatic carbocycles. The first-order chi connectivity index (χ1) is 3.55. The molecule has 0 aromatic heterocycles. The first-order valence-electron chi connectivity index (χ1n) is 1.68. The molecule has 0 aliphatic heterocycles. The molecule has 0 fully saturated rings. The number of aliphatic carboxylic acids is 1. The molecule has 0 bridgehead atoms. The quantitative estimate of drug-likeness (QED) is 0.381. The van der Waals surface area contributed by atoms with Crippen LogP contribution >= 0.6 is 0 Å². The van der Waals surface area contributed by atoms with Gasteiger partial charge in [-0.3, -0.25) is 0 Å². The first kappa shape index (κ1) is 12.0. The maximum Gasteiger partial charge on any atom is 1.00 e. The minimum atomic E-state index is -3.49. The van der Waals surface area contributed by atoms with E-state index in [0.29, 0.717) is 0 Å². The van der Waals surface area contributed by atoms with E-state index in [1.165, 1.54) is 0 Å². The summed E-state index contributed by atoms with van der Waals surface area (Å²) in [6.45, 7) is 0. The number of halogens is 3. The van der Waals surface area contributed by atoms with E-state index in [1.54, 1.807) is 0 Å². The summed E-state index contributed by atoms with van der Waals surface area (Å²) in [6.07, 6.45) is -6.64. The van der Waals surface area contributed by atoms with E-state index in [9.17, 15) is 23.1 Å². The second-order valence-corrected chi connectivity index (χ2v) is 1.06. The van der Waals surface area contributed by atoms with Gasteiger partial charge in [-0.25, -0.2) is 13.2 Å². The Hall–Kier alpha value is 0.260. The molecule has 0 N–H and O–H groups in total. The smallest absolute Gasteiger partial charge is 0.547 e. The molecular formula is C3H2F3NaO2. The molecule has 0 saturated heterocycles. The van der Waals surface area contributed by atoms with Gasteiger partial charge in [-0.1, -0.05) is 0 Å². The Kier molecular flexibility index (Phi) is 6.76. The van der Waals surface area contributed by atoms with E-state index < -0.39 is 18.6 Å². The van der Waals surface area contributed by atoms with Gasteiger partial charge in [0, 0.05) is 0 Å². The van der Waals surface area contributed by atoms with Gasteiger partial charge in [0.05, 0.1) is 5.97 Å². The molecule has 0 aliphatic carbocycles. The number of carboxylic acid groups (broad SMARTS) is 1. The van der Waals surface area contributed by atoms with Crippen LogP contribution in [0.5, 0.6) is 0 Å². The van der Waals surface area contributed by atoms with Gasteiger partial charge in [0.2, 0.25) is 0 Å². The van der Waals surface area contributed by atoms with Crippen LogP contribution in [0.2, 0.25) is 0 Å². The van der Waals surface area contributed by atoms with Crippen LogP contribution in [-0.2, 0) is 4.79 Å². The molecule has 0 aliphatic rings. The summed E-state index contributed by atoms with van der Waals surface area (Å²) in [7, 11) is 0. The van der Waals surface area contributed by atoms with Crippen LogP contribution < -0.4 is 34.7 Å². The summed E-state index contributed by atoms with van der Waals surface area (Å²) in [5.74, 6) is -2.37. The van der Waals surface area contributed by atoms with Gasteiger partial charge in [-0.15, -0.1) is 0 Å². The predicted molar refractivity (Wildman–Crippen MR) is 15.9 cm³/mol. The summed E-state index contributed by atoms with van der Waals surface area (Å²) in [4.78, 5) is 9.17. The molecule has 0 heterocycles. The summed E-state index contributed by atoms with van der Waals surface area (Å²) in [5, 5.41) is 9.17. The Morgan fingerprint density at radius 1 is 1.33 bits per heavy atom. The molecule has 1 atom stereocenters. The molecule has 0 amide bonds. The third-order valence-electron chi connectivity index (χ3n) is 0.446. The van der Waals surface area contributed by atoms with Crippen LogP contribution in [0.3, 0.4) is 0 Å². The zero-order valence-corrected chi connectivity index (χ0v) is 6.61. The largest absolute Gasteiger partial charge is 1.00 e. The molecule has 48 valence electrons. The third-order valence-corrected chi connectivity index (χ3v) is 0.446. The van der Waals surface area contributed by atoms with Crippen molar-refractivity contribution in [3.63, 3.8) is 0 Å². The normalized spacial score (nSPS) is 12.4. The summed E-state index contributed by atoms with van der Waals surface area (Å²) in [6, 6.07) is 0. The van der Waals surface area contributed by atoms with Gasteiger partial charge in [-0.05, 0) is 0 Å². The van der Waals surface area contributed by atoms with Crippen molar-refractivity contribution in [2.75, 3.05) is 0 Å². The SMILES string of the molecule is O=C([O-])C(F)C(F)F.[Na+]. The fraction of sp³-hybridized carbons (Fsp3) is 0.667. The Bertz CT molecular complexity index is 97.1. The van der Waals surface area contributed by atoms with E-state index in [2.05, 4.69) is 0 Å². The summed E-state index contributed by atoms with van der Waals surface area (Å²) < 4.78 is 33.0. The second-order valence-electron chi connectivity index (χ2n) is 1.06. The van der Waals surface area contributed by atoms with Gasteiger partial charge < -0.3 is 9.90 Å². The van der Waals surface area contributed by atoms with Crippen molar-refractivity contribution >= 4 is 5.97 Å². The van der Waals surface area contributed by atoms with Crippen LogP contribution in [0.25, 0.3) is 0 Å². The maximum atomic E-state index is 11.2. The molecular weight excluding hydrogens is 148 g/mol. The van der Waals surface area contributed by atoms with Gasteiger partial charge in [0.25, 0.3) is 6.43 Å². The van der Waals surface area contributed by atoms with Gasteiger partial charge >= 0.3 is 29.6 Å². The monoisotopic (exact) mass is 150 g/mol. The number of alkyl halides is 3. The molecule has 6 heteroatoms. The Balaban J connectivity index is 0. The van der Waals surface area contributed by atoms with Gasteiger partial charge in [-0.2, -0.15) is 0 Å². The Labute approximate surface area is 71.3 Å². The molecule has 9 heavy (non-hydrogen) atoms. The maximum absolute atomic E-state index is 11.2. The molecule has 0 radical (unpaired) electrons. The molecule has 0 saturated carbocycles. The van der Waals surface area contributed by atoms with Crippen molar-refractivity contribution in [3.05, 3.63) is 0 Å². The van der Waals surface area contributed by atoms with E-state index >= 15 is 0 Å². The molecule has 0 spiro atoms. The topological polar surface area (TPSA) is 40.1 Å². The van der Waals surface area contributed by atoms with E-state index in [0.717, 1.165) is 0 Å². The zero-order chi connectivity index (χ0) is 6.73. The average molecular weight is 150 g/mol. The standard InChI is InChI=1S/C3H3F3O2.Na/c4-1(2(5)6)3(7)8;/h1-2H,(H,7,8);/q;+1/p-1. The molecule has 2 nitrogen and oxygen atoms in total.